The lowest BCUT2D eigenvalue weighted by molar-refractivity contribution is 0.0311. The van der Waals surface area contributed by atoms with E-state index in [9.17, 15) is 18.4 Å². The van der Waals surface area contributed by atoms with Gasteiger partial charge in [-0.1, -0.05) is 89.3 Å². The molecule has 0 bridgehead atoms. The zero-order valence-electron chi connectivity index (χ0n) is 21.0. The van der Waals surface area contributed by atoms with Crippen LogP contribution in [0.1, 0.15) is 117 Å². The summed E-state index contributed by atoms with van der Waals surface area (Å²) in [6, 6.07) is 9.57. The summed E-state index contributed by atoms with van der Waals surface area (Å²) in [4.78, 5) is 25.2. The minimum atomic E-state index is -1.16. The lowest BCUT2D eigenvalue weighted by atomic mass is 10.1. The van der Waals surface area contributed by atoms with Crippen molar-refractivity contribution in [2.45, 2.75) is 90.6 Å². The molecular formula is C29H38F2O4. The number of carbonyl (C=O) groups is 2. The summed E-state index contributed by atoms with van der Waals surface area (Å²) in [5.74, 6) is -3.06. The zero-order chi connectivity index (χ0) is 25.5. The monoisotopic (exact) mass is 488 g/mol. The maximum atomic E-state index is 14.0. The second kappa shape index (κ2) is 16.0. The van der Waals surface area contributed by atoms with Crippen LogP contribution in [-0.4, -0.2) is 18.5 Å². The highest BCUT2D eigenvalue weighted by atomic mass is 19.1. The van der Waals surface area contributed by atoms with Gasteiger partial charge in [0.05, 0.1) is 23.3 Å². The van der Waals surface area contributed by atoms with Crippen LogP contribution < -0.4 is 0 Å². The van der Waals surface area contributed by atoms with Gasteiger partial charge in [0, 0.05) is 0 Å². The number of rotatable bonds is 16. The molecule has 2 aromatic carbocycles. The fourth-order valence-corrected chi connectivity index (χ4v) is 4.03. The topological polar surface area (TPSA) is 52.6 Å². The van der Waals surface area contributed by atoms with Crippen LogP contribution in [0.25, 0.3) is 0 Å². The van der Waals surface area contributed by atoms with E-state index in [0.29, 0.717) is 0 Å². The fraction of sp³-hybridized carbons (Fsp3) is 0.517. The number of halogens is 2. The summed E-state index contributed by atoms with van der Waals surface area (Å²) in [5, 5.41) is 0. The van der Waals surface area contributed by atoms with Crippen molar-refractivity contribution >= 4 is 11.9 Å². The summed E-state index contributed by atoms with van der Waals surface area (Å²) in [6.07, 6.45) is 12.0. The molecule has 4 nitrogen and oxygen atoms in total. The fourth-order valence-electron chi connectivity index (χ4n) is 4.03. The Kier molecular flexibility index (Phi) is 13.0. The third-order valence-corrected chi connectivity index (χ3v) is 6.04. The van der Waals surface area contributed by atoms with E-state index in [-0.39, 0.29) is 23.3 Å². The maximum absolute atomic E-state index is 14.0. The first kappa shape index (κ1) is 28.5. The Morgan fingerprint density at radius 1 is 0.714 bits per heavy atom. The molecule has 2 aromatic rings. The van der Waals surface area contributed by atoms with E-state index in [1.807, 2.05) is 0 Å². The van der Waals surface area contributed by atoms with Crippen LogP contribution in [0.4, 0.5) is 8.78 Å². The zero-order valence-corrected chi connectivity index (χ0v) is 21.0. The van der Waals surface area contributed by atoms with Crippen molar-refractivity contribution in [2.24, 2.45) is 0 Å². The van der Waals surface area contributed by atoms with E-state index in [2.05, 4.69) is 6.92 Å². The predicted molar refractivity (Wildman–Crippen MR) is 133 cm³/mol. The highest BCUT2D eigenvalue weighted by molar-refractivity contribution is 6.03. The highest BCUT2D eigenvalue weighted by Gasteiger charge is 2.24. The number of esters is 2. The van der Waals surface area contributed by atoms with Crippen LogP contribution in [0.3, 0.4) is 0 Å². The van der Waals surface area contributed by atoms with E-state index < -0.39 is 29.7 Å². The Hall–Kier alpha value is -2.76. The van der Waals surface area contributed by atoms with Gasteiger partial charge in [-0.3, -0.25) is 0 Å². The van der Waals surface area contributed by atoms with Crippen LogP contribution in [0, 0.1) is 11.6 Å². The van der Waals surface area contributed by atoms with Gasteiger partial charge in [-0.25, -0.2) is 18.4 Å². The van der Waals surface area contributed by atoms with E-state index in [1.165, 1.54) is 76.5 Å². The molecule has 0 radical (unpaired) electrons. The number of benzene rings is 2. The Morgan fingerprint density at radius 3 is 1.74 bits per heavy atom. The quantitative estimate of drug-likeness (QED) is 0.176. The van der Waals surface area contributed by atoms with Crippen molar-refractivity contribution in [1.82, 2.24) is 0 Å². The summed E-state index contributed by atoms with van der Waals surface area (Å²) in [5.41, 5.74) is -0.265. The van der Waals surface area contributed by atoms with Crippen LogP contribution >= 0.6 is 0 Å². The molecule has 0 spiro atoms. The number of carbonyl (C=O) groups excluding carboxylic acids is 2. The van der Waals surface area contributed by atoms with Crippen molar-refractivity contribution in [2.75, 3.05) is 6.61 Å². The molecule has 0 saturated carbocycles. The van der Waals surface area contributed by atoms with Crippen molar-refractivity contribution in [3.63, 3.8) is 0 Å². The predicted octanol–water partition coefficient (Wildman–Crippen LogP) is 8.35. The first-order chi connectivity index (χ1) is 17.0. The molecule has 0 aliphatic rings. The number of hydrogen-bond donors (Lipinski definition) is 0. The maximum Gasteiger partial charge on any atom is 0.339 e. The lowest BCUT2D eigenvalue weighted by Gasteiger charge is -2.16. The van der Waals surface area contributed by atoms with Gasteiger partial charge in [-0.2, -0.15) is 0 Å². The first-order valence-electron chi connectivity index (χ1n) is 12.9. The Balaban J connectivity index is 1.75. The van der Waals surface area contributed by atoms with Gasteiger partial charge < -0.3 is 9.47 Å². The molecule has 35 heavy (non-hydrogen) atoms. The summed E-state index contributed by atoms with van der Waals surface area (Å²) >= 11 is 0. The molecule has 0 saturated heterocycles. The minimum Gasteiger partial charge on any atom is -0.462 e. The summed E-state index contributed by atoms with van der Waals surface area (Å²) < 4.78 is 38.6. The molecular weight excluding hydrogens is 450 g/mol. The van der Waals surface area contributed by atoms with Crippen LogP contribution in [-0.2, 0) is 9.47 Å². The minimum absolute atomic E-state index is 0.0000316. The third-order valence-electron chi connectivity index (χ3n) is 6.04. The average Bonchev–Trinajstić information content (AvgIpc) is 2.84. The van der Waals surface area contributed by atoms with Crippen LogP contribution in [0.5, 0.6) is 0 Å². The van der Waals surface area contributed by atoms with Crippen molar-refractivity contribution in [1.29, 1.82) is 0 Å². The second-order valence-corrected chi connectivity index (χ2v) is 8.90. The van der Waals surface area contributed by atoms with Crippen molar-refractivity contribution < 1.29 is 27.8 Å². The molecule has 0 aliphatic heterocycles. The molecule has 1 unspecified atom stereocenters. The van der Waals surface area contributed by atoms with Crippen molar-refractivity contribution in [3.05, 3.63) is 70.8 Å². The number of hydrogen-bond acceptors (Lipinski definition) is 4. The van der Waals surface area contributed by atoms with Crippen LogP contribution in [0.15, 0.2) is 42.5 Å². The number of unbranched alkanes of at least 4 members (excludes halogenated alkanes) is 10. The average molecular weight is 489 g/mol. The molecule has 0 amide bonds. The van der Waals surface area contributed by atoms with E-state index in [4.69, 9.17) is 9.47 Å². The molecule has 0 heterocycles. The van der Waals surface area contributed by atoms with Gasteiger partial charge >= 0.3 is 11.9 Å². The third kappa shape index (κ3) is 9.79. The Labute approximate surface area is 208 Å². The van der Waals surface area contributed by atoms with Gasteiger partial charge in [0.2, 0.25) is 0 Å². The van der Waals surface area contributed by atoms with Gasteiger partial charge in [0.1, 0.15) is 17.7 Å². The Morgan fingerprint density at radius 2 is 1.20 bits per heavy atom. The lowest BCUT2D eigenvalue weighted by Crippen LogP contribution is -2.17. The molecule has 1 atom stereocenters. The normalized spacial score (nSPS) is 11.8. The van der Waals surface area contributed by atoms with Gasteiger partial charge in [-0.05, 0) is 37.6 Å². The van der Waals surface area contributed by atoms with Crippen molar-refractivity contribution in [3.8, 4) is 0 Å². The number of ether oxygens (including phenoxy) is 2. The standard InChI is InChI=1S/C29H38F2O4/c1-3-4-5-6-7-8-9-10-11-12-15-21-34-28(32)23-17-13-14-18-24(23)29(33)35-22(2)27-25(30)19-16-20-26(27)31/h13-14,16-20,22H,3-12,15,21H2,1-2H3. The van der Waals surface area contributed by atoms with Gasteiger partial charge in [0.25, 0.3) is 0 Å². The molecule has 0 aromatic heterocycles. The molecule has 0 aliphatic carbocycles. The van der Waals surface area contributed by atoms with E-state index >= 15 is 0 Å². The van der Waals surface area contributed by atoms with Gasteiger partial charge in [0.15, 0.2) is 0 Å². The first-order valence-corrected chi connectivity index (χ1v) is 12.9. The van der Waals surface area contributed by atoms with E-state index in [0.717, 1.165) is 31.4 Å². The SMILES string of the molecule is CCCCCCCCCCCCCOC(=O)c1ccccc1C(=O)OC(C)c1c(F)cccc1F. The molecule has 6 heteroatoms. The summed E-state index contributed by atoms with van der Waals surface area (Å²) in [6.45, 7) is 3.88. The summed E-state index contributed by atoms with van der Waals surface area (Å²) in [7, 11) is 0. The van der Waals surface area contributed by atoms with Gasteiger partial charge in [-0.15, -0.1) is 0 Å². The van der Waals surface area contributed by atoms with Crippen LogP contribution in [0.2, 0.25) is 0 Å². The second-order valence-electron chi connectivity index (χ2n) is 8.90. The Bertz CT molecular complexity index is 908. The smallest absolute Gasteiger partial charge is 0.339 e. The highest BCUT2D eigenvalue weighted by Crippen LogP contribution is 2.25. The molecule has 0 N–H and O–H groups in total. The molecule has 0 fully saturated rings. The molecule has 192 valence electrons. The van der Waals surface area contributed by atoms with E-state index in [1.54, 1.807) is 12.1 Å². The largest absolute Gasteiger partial charge is 0.462 e. The molecule has 2 rings (SSSR count).